The van der Waals surface area contributed by atoms with Crippen LogP contribution < -0.4 is 5.32 Å². The molecule has 1 aliphatic carbocycles. The Morgan fingerprint density at radius 3 is 2.94 bits per heavy atom. The number of carbonyl (C=O) groups excluding carboxylic acids is 1. The third kappa shape index (κ3) is 2.90. The van der Waals surface area contributed by atoms with Crippen molar-refractivity contribution in [1.29, 1.82) is 0 Å². The topological polar surface area (TPSA) is 88.0 Å². The number of nitrogens with one attached hydrogen (secondary N) is 2. The molecule has 1 aromatic heterocycles. The summed E-state index contributed by atoms with van der Waals surface area (Å²) in [5.41, 5.74) is 0.130. The third-order valence-corrected chi connectivity index (χ3v) is 4.42. The van der Waals surface area contributed by atoms with Crippen molar-refractivity contribution in [3.8, 4) is 0 Å². The molecule has 0 aromatic carbocycles. The van der Waals surface area contributed by atoms with Gasteiger partial charge in [-0.05, 0) is 18.8 Å². The minimum absolute atomic E-state index is 0.0978. The minimum Gasteiger partial charge on any atom is -0.351 e. The summed E-state index contributed by atoms with van der Waals surface area (Å²) in [5, 5.41) is 13.3. The zero-order chi connectivity index (χ0) is 13.1. The van der Waals surface area contributed by atoms with E-state index in [0.717, 1.165) is 12.8 Å². The highest BCUT2D eigenvalue weighted by Gasteiger charge is 2.25. The number of nitrogens with zero attached hydrogens (tertiary/aromatic N) is 1. The van der Waals surface area contributed by atoms with Crippen molar-refractivity contribution < 1.29 is 9.72 Å². The third-order valence-electron chi connectivity index (χ3n) is 3.21. The summed E-state index contributed by atoms with van der Waals surface area (Å²) >= 11 is 3.59. The minimum atomic E-state index is -0.529. The molecule has 2 rings (SSSR count). The van der Waals surface area contributed by atoms with Crippen LogP contribution in [0.15, 0.2) is 12.3 Å². The molecule has 0 aliphatic heterocycles. The fourth-order valence-electron chi connectivity index (χ4n) is 2.16. The number of carbonyl (C=O) groups is 1. The van der Waals surface area contributed by atoms with Crippen LogP contribution in [0.4, 0.5) is 5.69 Å². The first-order chi connectivity index (χ1) is 8.58. The Kier molecular flexibility index (Phi) is 4.00. The number of hydrogen-bond donors (Lipinski definition) is 2. The van der Waals surface area contributed by atoms with E-state index in [-0.39, 0.29) is 17.3 Å². The van der Waals surface area contributed by atoms with Crippen LogP contribution in [0.5, 0.6) is 0 Å². The summed E-state index contributed by atoms with van der Waals surface area (Å²) in [6.45, 7) is 0.599. The lowest BCUT2D eigenvalue weighted by atomic mass is 10.1. The lowest BCUT2D eigenvalue weighted by Crippen LogP contribution is -2.31. The highest BCUT2D eigenvalue weighted by Crippen LogP contribution is 2.30. The maximum absolute atomic E-state index is 11.8. The zero-order valence-electron chi connectivity index (χ0n) is 9.69. The summed E-state index contributed by atoms with van der Waals surface area (Å²) < 4.78 is 0. The van der Waals surface area contributed by atoms with Crippen molar-refractivity contribution in [1.82, 2.24) is 10.3 Å². The molecule has 2 atom stereocenters. The predicted molar refractivity (Wildman–Crippen MR) is 69.8 cm³/mol. The fraction of sp³-hybridized carbons (Fsp3) is 0.545. The van der Waals surface area contributed by atoms with E-state index in [1.165, 1.54) is 18.7 Å². The second-order valence-corrected chi connectivity index (χ2v) is 5.62. The number of hydrogen-bond acceptors (Lipinski definition) is 3. The van der Waals surface area contributed by atoms with Crippen LogP contribution in [0.2, 0.25) is 0 Å². The maximum atomic E-state index is 11.8. The van der Waals surface area contributed by atoms with E-state index in [4.69, 9.17) is 0 Å². The molecule has 1 saturated carbocycles. The molecule has 0 saturated heterocycles. The van der Waals surface area contributed by atoms with Crippen LogP contribution in [0.3, 0.4) is 0 Å². The van der Waals surface area contributed by atoms with Gasteiger partial charge in [-0.15, -0.1) is 0 Å². The molecule has 2 N–H and O–H groups in total. The second-order valence-electron chi connectivity index (χ2n) is 4.45. The Hall–Kier alpha value is -1.37. The Morgan fingerprint density at radius 2 is 2.39 bits per heavy atom. The van der Waals surface area contributed by atoms with E-state index in [2.05, 4.69) is 26.2 Å². The average molecular weight is 316 g/mol. The molecule has 1 aliphatic rings. The van der Waals surface area contributed by atoms with E-state index in [1.54, 1.807) is 0 Å². The first kappa shape index (κ1) is 13.1. The Morgan fingerprint density at radius 1 is 1.61 bits per heavy atom. The molecule has 1 amide bonds. The molecular formula is C11H14BrN3O3. The average Bonchev–Trinajstić information content (AvgIpc) is 2.94. The largest absolute Gasteiger partial charge is 0.351 e. The van der Waals surface area contributed by atoms with Crippen molar-refractivity contribution in [2.75, 3.05) is 6.54 Å². The lowest BCUT2D eigenvalue weighted by Gasteiger charge is -2.14. The van der Waals surface area contributed by atoms with Gasteiger partial charge in [0.15, 0.2) is 0 Å². The Labute approximate surface area is 112 Å². The van der Waals surface area contributed by atoms with Gasteiger partial charge in [-0.2, -0.15) is 0 Å². The highest BCUT2D eigenvalue weighted by atomic mass is 79.9. The Bertz CT molecular complexity index is 460. The van der Waals surface area contributed by atoms with Crippen molar-refractivity contribution in [2.24, 2.45) is 5.92 Å². The molecule has 1 fully saturated rings. The van der Waals surface area contributed by atoms with Crippen LogP contribution in [-0.2, 0) is 0 Å². The van der Waals surface area contributed by atoms with E-state index in [0.29, 0.717) is 17.3 Å². The van der Waals surface area contributed by atoms with Crippen molar-refractivity contribution >= 4 is 27.5 Å². The molecule has 2 unspecified atom stereocenters. The molecule has 1 aromatic rings. The smallest absolute Gasteiger partial charge is 0.287 e. The number of H-pyrrole nitrogens is 1. The monoisotopic (exact) mass is 315 g/mol. The van der Waals surface area contributed by atoms with E-state index < -0.39 is 4.92 Å². The number of amides is 1. The molecular weight excluding hydrogens is 302 g/mol. The number of halogens is 1. The quantitative estimate of drug-likeness (QED) is 0.507. The molecule has 0 bridgehead atoms. The number of alkyl halides is 1. The van der Waals surface area contributed by atoms with Crippen LogP contribution >= 0.6 is 15.9 Å². The first-order valence-corrected chi connectivity index (χ1v) is 6.74. The number of aromatic amines is 1. The lowest BCUT2D eigenvalue weighted by molar-refractivity contribution is -0.384. The SMILES string of the molecule is O=C(NCC1CCCC1Br)c1cc([N+](=O)[O-])c[nH]1. The van der Waals surface area contributed by atoms with Crippen LogP contribution in [0, 0.1) is 16.0 Å². The van der Waals surface area contributed by atoms with Gasteiger partial charge in [0.1, 0.15) is 5.69 Å². The van der Waals surface area contributed by atoms with Gasteiger partial charge in [-0.3, -0.25) is 14.9 Å². The van der Waals surface area contributed by atoms with E-state index >= 15 is 0 Å². The predicted octanol–water partition coefficient (Wildman–Crippen LogP) is 2.22. The van der Waals surface area contributed by atoms with Crippen LogP contribution in [0.1, 0.15) is 29.8 Å². The second kappa shape index (κ2) is 5.51. The first-order valence-electron chi connectivity index (χ1n) is 5.83. The fourth-order valence-corrected chi connectivity index (χ4v) is 2.93. The van der Waals surface area contributed by atoms with Crippen molar-refractivity contribution in [3.05, 3.63) is 28.1 Å². The highest BCUT2D eigenvalue weighted by molar-refractivity contribution is 9.09. The molecule has 0 spiro atoms. The molecule has 7 heteroatoms. The molecule has 1 heterocycles. The maximum Gasteiger partial charge on any atom is 0.287 e. The van der Waals surface area contributed by atoms with Gasteiger partial charge < -0.3 is 10.3 Å². The normalized spacial score (nSPS) is 22.9. The standard InChI is InChI=1S/C11H14BrN3O3/c12-9-3-1-2-7(9)5-14-11(16)10-4-8(6-13-10)15(17)18/h4,6-7,9,13H,1-3,5H2,(H,14,16). The Balaban J connectivity index is 1.89. The van der Waals surface area contributed by atoms with Gasteiger partial charge in [0.2, 0.25) is 0 Å². The summed E-state index contributed by atoms with van der Waals surface area (Å²) in [7, 11) is 0. The zero-order valence-corrected chi connectivity index (χ0v) is 11.3. The number of rotatable bonds is 4. The summed E-state index contributed by atoms with van der Waals surface area (Å²) in [6.07, 6.45) is 4.62. The number of nitro groups is 1. The van der Waals surface area contributed by atoms with Gasteiger partial charge >= 0.3 is 0 Å². The molecule has 0 radical (unpaired) electrons. The van der Waals surface area contributed by atoms with Crippen LogP contribution in [-0.4, -0.2) is 27.2 Å². The van der Waals surface area contributed by atoms with E-state index in [9.17, 15) is 14.9 Å². The van der Waals surface area contributed by atoms with Crippen LogP contribution in [0.25, 0.3) is 0 Å². The van der Waals surface area contributed by atoms with Crippen molar-refractivity contribution in [2.45, 2.75) is 24.1 Å². The summed E-state index contributed by atoms with van der Waals surface area (Å²) in [5.74, 6) is 0.147. The van der Waals surface area contributed by atoms with Crippen molar-refractivity contribution in [3.63, 3.8) is 0 Å². The molecule has 6 nitrogen and oxygen atoms in total. The van der Waals surface area contributed by atoms with Gasteiger partial charge in [0.05, 0.1) is 11.1 Å². The number of aromatic nitrogens is 1. The van der Waals surface area contributed by atoms with Gasteiger partial charge in [-0.25, -0.2) is 0 Å². The van der Waals surface area contributed by atoms with Gasteiger partial charge in [-0.1, -0.05) is 22.4 Å². The molecule has 18 heavy (non-hydrogen) atoms. The summed E-state index contributed by atoms with van der Waals surface area (Å²) in [6, 6.07) is 1.25. The molecule has 98 valence electrons. The van der Waals surface area contributed by atoms with Gasteiger partial charge in [0.25, 0.3) is 11.6 Å². The summed E-state index contributed by atoms with van der Waals surface area (Å²) in [4.78, 5) is 24.8. The van der Waals surface area contributed by atoms with Gasteiger partial charge in [0, 0.05) is 17.4 Å². The van der Waals surface area contributed by atoms with E-state index in [1.807, 2.05) is 0 Å².